The number of aryl methyl sites for hydroxylation is 2. The maximum Gasteiger partial charge on any atom is 0.252 e. The number of nitriles is 1. The molecular formula is C25H36N6O3S. The Kier molecular flexibility index (Phi) is 15.8. The van der Waals surface area contributed by atoms with Crippen molar-refractivity contribution in [3.63, 3.8) is 0 Å². The second kappa shape index (κ2) is 17.7. The highest BCUT2D eigenvalue weighted by atomic mass is 32.1. The summed E-state index contributed by atoms with van der Waals surface area (Å²) in [5, 5.41) is 22.5. The highest BCUT2D eigenvalue weighted by Gasteiger charge is 2.11. The van der Waals surface area contributed by atoms with E-state index in [0.717, 1.165) is 15.6 Å². The molecule has 9 nitrogen and oxygen atoms in total. The monoisotopic (exact) mass is 500 g/mol. The number of rotatable bonds is 6. The van der Waals surface area contributed by atoms with E-state index in [0.29, 0.717) is 16.8 Å². The molecule has 5 N–H and O–H groups in total. The van der Waals surface area contributed by atoms with Gasteiger partial charge in [0.2, 0.25) is 12.3 Å². The van der Waals surface area contributed by atoms with Gasteiger partial charge < -0.3 is 16.6 Å². The summed E-state index contributed by atoms with van der Waals surface area (Å²) in [4.78, 5) is 24.4. The van der Waals surface area contributed by atoms with E-state index >= 15 is 0 Å². The molecule has 0 aliphatic carbocycles. The molecule has 3 aromatic rings. The van der Waals surface area contributed by atoms with E-state index in [4.69, 9.17) is 20.9 Å². The van der Waals surface area contributed by atoms with Gasteiger partial charge in [-0.05, 0) is 45.0 Å². The minimum absolute atomic E-state index is 0.174. The van der Waals surface area contributed by atoms with Gasteiger partial charge in [0.25, 0.3) is 5.91 Å². The molecule has 2 aromatic heterocycles. The molecule has 0 saturated heterocycles. The predicted octanol–water partition coefficient (Wildman–Crippen LogP) is 4.70. The fraction of sp³-hybridized carbons (Fsp3) is 0.400. The predicted molar refractivity (Wildman–Crippen MR) is 139 cm³/mol. The second-order valence-electron chi connectivity index (χ2n) is 7.39. The Labute approximate surface area is 211 Å². The lowest BCUT2D eigenvalue weighted by Crippen LogP contribution is -2.12. The number of carbonyl (C=O) groups excluding carboxylic acids is 2. The zero-order valence-corrected chi connectivity index (χ0v) is 21.9. The Morgan fingerprint density at radius 2 is 1.69 bits per heavy atom. The van der Waals surface area contributed by atoms with Crippen LogP contribution in [0.25, 0.3) is 5.69 Å². The van der Waals surface area contributed by atoms with Crippen LogP contribution in [-0.2, 0) is 4.79 Å². The Morgan fingerprint density at radius 3 is 2.00 bits per heavy atom. The molecule has 35 heavy (non-hydrogen) atoms. The zero-order valence-electron chi connectivity index (χ0n) is 21.1. The number of amides is 2. The molecule has 3 rings (SSSR count). The molecule has 2 amide bonds. The van der Waals surface area contributed by atoms with Gasteiger partial charge >= 0.3 is 0 Å². The first-order valence-corrected chi connectivity index (χ1v) is 12.1. The summed E-state index contributed by atoms with van der Waals surface area (Å²) in [6, 6.07) is 8.96. The van der Waals surface area contributed by atoms with Gasteiger partial charge in [-0.15, -0.1) is 11.3 Å². The molecule has 2 heterocycles. The Hall–Kier alpha value is -3.71. The molecule has 0 aliphatic heterocycles. The van der Waals surface area contributed by atoms with Crippen molar-refractivity contribution in [2.45, 2.75) is 66.7 Å². The summed E-state index contributed by atoms with van der Waals surface area (Å²) in [6.07, 6.45) is 8.70. The van der Waals surface area contributed by atoms with Crippen LogP contribution in [0.15, 0.2) is 30.5 Å². The fourth-order valence-electron chi connectivity index (χ4n) is 2.78. The second-order valence-corrected chi connectivity index (χ2v) is 8.80. The van der Waals surface area contributed by atoms with Gasteiger partial charge in [0, 0.05) is 0 Å². The van der Waals surface area contributed by atoms with Crippen LogP contribution in [-0.4, -0.2) is 32.2 Å². The third-order valence-electron chi connectivity index (χ3n) is 4.60. The Balaban J connectivity index is 0.000000535. The Bertz CT molecular complexity index is 1040. The first-order chi connectivity index (χ1) is 16.7. The lowest BCUT2D eigenvalue weighted by atomic mass is 10.2. The summed E-state index contributed by atoms with van der Waals surface area (Å²) >= 11 is 1.51. The summed E-state index contributed by atoms with van der Waals surface area (Å²) in [7, 11) is 0. The van der Waals surface area contributed by atoms with Crippen molar-refractivity contribution in [1.29, 1.82) is 5.26 Å². The molecular weight excluding hydrogens is 464 g/mol. The topological polar surface area (TPSA) is 161 Å². The molecule has 0 aliphatic rings. The number of unbranched alkanes of at least 4 members (excludes halogenated alkanes) is 4. The average Bonchev–Trinajstić information content (AvgIpc) is 3.35. The smallest absolute Gasteiger partial charge is 0.252 e. The van der Waals surface area contributed by atoms with Crippen LogP contribution in [0.4, 0.5) is 0 Å². The minimum atomic E-state index is -0.498. The third-order valence-corrected chi connectivity index (χ3v) is 5.48. The van der Waals surface area contributed by atoms with Gasteiger partial charge in [-0.3, -0.25) is 9.59 Å². The molecule has 0 spiro atoms. The van der Waals surface area contributed by atoms with Gasteiger partial charge in [0.15, 0.2) is 0 Å². The molecule has 0 atom stereocenters. The lowest BCUT2D eigenvalue weighted by molar-refractivity contribution is -0.106. The molecule has 0 unspecified atom stereocenters. The van der Waals surface area contributed by atoms with Crippen molar-refractivity contribution < 1.29 is 14.7 Å². The van der Waals surface area contributed by atoms with Crippen LogP contribution in [0.5, 0.6) is 5.88 Å². The van der Waals surface area contributed by atoms with E-state index in [1.54, 1.807) is 35.9 Å². The summed E-state index contributed by atoms with van der Waals surface area (Å²) in [5.41, 5.74) is 11.8. The number of nitrogens with zero attached hydrogens (tertiary/aromatic N) is 4. The summed E-state index contributed by atoms with van der Waals surface area (Å²) in [5.74, 6) is -0.324. The van der Waals surface area contributed by atoms with Crippen LogP contribution < -0.4 is 11.5 Å². The lowest BCUT2D eigenvalue weighted by Gasteiger charge is -2.04. The van der Waals surface area contributed by atoms with Gasteiger partial charge in [0.1, 0.15) is 0 Å². The molecule has 190 valence electrons. The van der Waals surface area contributed by atoms with Crippen molar-refractivity contribution in [3.05, 3.63) is 57.2 Å². The van der Waals surface area contributed by atoms with E-state index in [2.05, 4.69) is 29.7 Å². The molecule has 0 saturated carbocycles. The van der Waals surface area contributed by atoms with Crippen LogP contribution in [0.1, 0.15) is 77.5 Å². The number of aromatic nitrogens is 3. The SMILES string of the molecule is CCCCCCC.Cc1c(C(N)=O)cnn1-c1ccc(C#N)cc1.Cc1nc(O)c(C)s1.NC=O. The van der Waals surface area contributed by atoms with Crippen molar-refractivity contribution in [3.8, 4) is 17.6 Å². The van der Waals surface area contributed by atoms with Crippen LogP contribution in [0.3, 0.4) is 0 Å². The van der Waals surface area contributed by atoms with Crippen molar-refractivity contribution >= 4 is 23.7 Å². The number of thiazole rings is 1. The van der Waals surface area contributed by atoms with Crippen molar-refractivity contribution in [1.82, 2.24) is 14.8 Å². The number of aromatic hydroxyl groups is 1. The normalized spacial score (nSPS) is 9.26. The maximum atomic E-state index is 11.1. The fourth-order valence-corrected chi connectivity index (χ4v) is 3.50. The highest BCUT2D eigenvalue weighted by Crippen LogP contribution is 2.20. The number of benzene rings is 1. The number of hydrogen-bond donors (Lipinski definition) is 3. The van der Waals surface area contributed by atoms with Crippen molar-refractivity contribution in [2.75, 3.05) is 0 Å². The summed E-state index contributed by atoms with van der Waals surface area (Å²) < 4.78 is 1.61. The minimum Gasteiger partial charge on any atom is -0.492 e. The molecule has 0 bridgehead atoms. The molecule has 0 fully saturated rings. The standard InChI is InChI=1S/C12H10N4O.C7H16.C5H7NOS.CH3NO/c1-8-11(12(14)17)7-15-16(8)10-4-2-9(6-13)3-5-10;1-3-5-7-6-4-2;1-3-5(7)6-4(2)8-3;2-1-3/h2-5,7H,1H3,(H2,14,17);3-7H2,1-2H3;7H,1-2H3;1H,(H2,2,3). The van der Waals surface area contributed by atoms with Gasteiger partial charge in [-0.1, -0.05) is 46.0 Å². The number of hydrogen-bond acceptors (Lipinski definition) is 7. The highest BCUT2D eigenvalue weighted by molar-refractivity contribution is 7.11. The quantitative estimate of drug-likeness (QED) is 0.328. The van der Waals surface area contributed by atoms with Crippen LogP contribution in [0, 0.1) is 32.1 Å². The van der Waals surface area contributed by atoms with E-state index in [1.807, 2.05) is 19.9 Å². The maximum absolute atomic E-state index is 11.1. The molecule has 10 heteroatoms. The Morgan fingerprint density at radius 1 is 1.14 bits per heavy atom. The van der Waals surface area contributed by atoms with Gasteiger partial charge in [-0.25, -0.2) is 9.67 Å². The number of primary amides is 2. The van der Waals surface area contributed by atoms with E-state index in [1.165, 1.54) is 49.6 Å². The summed E-state index contributed by atoms with van der Waals surface area (Å²) in [6.45, 7) is 9.98. The zero-order chi connectivity index (χ0) is 26.8. The van der Waals surface area contributed by atoms with Gasteiger partial charge in [0.05, 0.1) is 44.7 Å². The largest absolute Gasteiger partial charge is 0.492 e. The van der Waals surface area contributed by atoms with Gasteiger partial charge in [-0.2, -0.15) is 10.4 Å². The third kappa shape index (κ3) is 11.8. The first kappa shape index (κ1) is 31.3. The van der Waals surface area contributed by atoms with Crippen LogP contribution >= 0.6 is 11.3 Å². The van der Waals surface area contributed by atoms with Crippen molar-refractivity contribution in [2.24, 2.45) is 11.5 Å². The van der Waals surface area contributed by atoms with E-state index in [-0.39, 0.29) is 12.3 Å². The van der Waals surface area contributed by atoms with E-state index < -0.39 is 5.91 Å². The number of carbonyl (C=O) groups is 2. The van der Waals surface area contributed by atoms with Crippen LogP contribution in [0.2, 0.25) is 0 Å². The first-order valence-electron chi connectivity index (χ1n) is 11.3. The van der Waals surface area contributed by atoms with E-state index in [9.17, 15) is 4.79 Å². The number of nitrogens with two attached hydrogens (primary N) is 2. The molecule has 1 aromatic carbocycles. The molecule has 0 radical (unpaired) electrons. The average molecular weight is 501 g/mol.